The van der Waals surface area contributed by atoms with Crippen molar-refractivity contribution in [3.8, 4) is 11.1 Å². The van der Waals surface area contributed by atoms with Gasteiger partial charge in [0.05, 0.1) is 11.8 Å². The molecule has 1 nitrogen and oxygen atoms in total. The lowest BCUT2D eigenvalue weighted by molar-refractivity contribution is 0.751. The van der Waals surface area contributed by atoms with E-state index in [1.54, 1.807) is 0 Å². The molecule has 0 saturated carbocycles. The van der Waals surface area contributed by atoms with Crippen LogP contribution in [0.3, 0.4) is 0 Å². The second kappa shape index (κ2) is 7.61. The molecule has 0 aliphatic carbocycles. The summed E-state index contributed by atoms with van der Waals surface area (Å²) in [6.45, 7) is 6.63. The van der Waals surface area contributed by atoms with Crippen molar-refractivity contribution in [2.24, 2.45) is 4.99 Å². The number of rotatable bonds is 5. The monoisotopic (exact) mass is 317 g/mol. The summed E-state index contributed by atoms with van der Waals surface area (Å²) in [7, 11) is 0. The van der Waals surface area contributed by atoms with Gasteiger partial charge >= 0.3 is 0 Å². The van der Waals surface area contributed by atoms with E-state index in [-0.39, 0.29) is 0 Å². The highest BCUT2D eigenvalue weighted by molar-refractivity contribution is 6.10. The van der Waals surface area contributed by atoms with E-state index in [2.05, 4.69) is 75.4 Å². The number of unbranched alkanes of at least 4 members (excludes halogenated alkanes) is 1. The van der Waals surface area contributed by atoms with Crippen LogP contribution in [0, 0.1) is 6.92 Å². The van der Waals surface area contributed by atoms with Gasteiger partial charge in [-0.2, -0.15) is 0 Å². The molecule has 3 rings (SSSR count). The lowest BCUT2D eigenvalue weighted by Gasteiger charge is -2.17. The molecule has 1 aliphatic heterocycles. The van der Waals surface area contributed by atoms with Crippen molar-refractivity contribution in [1.29, 1.82) is 0 Å². The summed E-state index contributed by atoms with van der Waals surface area (Å²) in [5, 5.41) is 0. The molecule has 1 atom stereocenters. The third-order valence-electron chi connectivity index (χ3n) is 4.75. The number of hydrogen-bond donors (Lipinski definition) is 0. The fraction of sp³-hybridized carbons (Fsp3) is 0.348. The van der Waals surface area contributed by atoms with Crippen LogP contribution in [0.4, 0.5) is 0 Å². The van der Waals surface area contributed by atoms with Gasteiger partial charge in [-0.15, -0.1) is 0 Å². The fourth-order valence-corrected chi connectivity index (χ4v) is 3.35. The first kappa shape index (κ1) is 16.7. The molecule has 0 N–H and O–H groups in total. The molecular weight excluding hydrogens is 290 g/mol. The molecule has 1 unspecified atom stereocenters. The van der Waals surface area contributed by atoms with E-state index in [4.69, 9.17) is 4.99 Å². The molecule has 1 heteroatoms. The Hall–Kier alpha value is -2.15. The van der Waals surface area contributed by atoms with Gasteiger partial charge in [-0.3, -0.25) is 4.99 Å². The number of aryl methyl sites for hydroxylation is 2. The Bertz CT molecular complexity index is 767. The average molecular weight is 317 g/mol. The lowest BCUT2D eigenvalue weighted by Crippen LogP contribution is -2.11. The number of aliphatic imine (C=N–C) groups is 1. The number of nitrogens with zero attached hydrogens (tertiary/aromatic N) is 1. The molecule has 0 fully saturated rings. The Labute approximate surface area is 146 Å². The predicted molar refractivity (Wildman–Crippen MR) is 105 cm³/mol. The Kier molecular flexibility index (Phi) is 5.30. The molecule has 0 radical (unpaired) electrons. The standard InChI is InChI=1S/C23H27N/c1-4-5-11-19-16-20(21-12-7-6-9-17(21)2)14-15-22(19)23-13-8-10-18(3)24-23/h6-9,12-16,18H,4-5,10-11H2,1-3H3. The van der Waals surface area contributed by atoms with Crippen LogP contribution in [0.15, 0.2) is 59.6 Å². The van der Waals surface area contributed by atoms with Crippen molar-refractivity contribution < 1.29 is 0 Å². The first-order valence-corrected chi connectivity index (χ1v) is 9.12. The van der Waals surface area contributed by atoms with Gasteiger partial charge in [0.1, 0.15) is 0 Å². The number of dihydropyridines is 1. The van der Waals surface area contributed by atoms with Crippen molar-refractivity contribution in [3.63, 3.8) is 0 Å². The van der Waals surface area contributed by atoms with Gasteiger partial charge in [0.15, 0.2) is 0 Å². The normalized spacial score (nSPS) is 17.0. The van der Waals surface area contributed by atoms with Crippen LogP contribution in [0.25, 0.3) is 11.1 Å². The van der Waals surface area contributed by atoms with E-state index in [1.165, 1.54) is 40.7 Å². The lowest BCUT2D eigenvalue weighted by atomic mass is 9.91. The van der Waals surface area contributed by atoms with E-state index >= 15 is 0 Å². The van der Waals surface area contributed by atoms with Crippen LogP contribution in [-0.2, 0) is 6.42 Å². The van der Waals surface area contributed by atoms with Gasteiger partial charge in [-0.1, -0.05) is 61.9 Å². The third-order valence-corrected chi connectivity index (χ3v) is 4.75. The Morgan fingerprint density at radius 1 is 1.08 bits per heavy atom. The average Bonchev–Trinajstić information content (AvgIpc) is 2.60. The molecule has 0 aromatic heterocycles. The number of benzene rings is 2. The molecule has 24 heavy (non-hydrogen) atoms. The third kappa shape index (κ3) is 3.67. The van der Waals surface area contributed by atoms with Gasteiger partial charge < -0.3 is 0 Å². The molecule has 0 amide bonds. The highest BCUT2D eigenvalue weighted by Gasteiger charge is 2.13. The zero-order chi connectivity index (χ0) is 16.9. The molecule has 1 heterocycles. The van der Waals surface area contributed by atoms with E-state index < -0.39 is 0 Å². The Morgan fingerprint density at radius 2 is 1.92 bits per heavy atom. The minimum atomic E-state index is 0.389. The molecule has 2 aromatic carbocycles. The van der Waals surface area contributed by atoms with Crippen LogP contribution >= 0.6 is 0 Å². The fourth-order valence-electron chi connectivity index (χ4n) is 3.35. The Morgan fingerprint density at radius 3 is 2.67 bits per heavy atom. The summed E-state index contributed by atoms with van der Waals surface area (Å²) in [5.41, 5.74) is 7.86. The SMILES string of the molecule is CCCCc1cc(-c2ccccc2C)ccc1C1=NC(C)CC=C1. The van der Waals surface area contributed by atoms with Gasteiger partial charge in [0.25, 0.3) is 0 Å². The first-order chi connectivity index (χ1) is 11.7. The first-order valence-electron chi connectivity index (χ1n) is 9.12. The van der Waals surface area contributed by atoms with Crippen LogP contribution in [0.2, 0.25) is 0 Å². The van der Waals surface area contributed by atoms with E-state index in [9.17, 15) is 0 Å². The number of hydrogen-bond acceptors (Lipinski definition) is 1. The van der Waals surface area contributed by atoms with Crippen LogP contribution < -0.4 is 0 Å². The van der Waals surface area contributed by atoms with E-state index in [0.717, 1.165) is 18.6 Å². The van der Waals surface area contributed by atoms with Gasteiger partial charge in [-0.25, -0.2) is 0 Å². The van der Waals surface area contributed by atoms with Crippen LogP contribution in [0.1, 0.15) is 49.8 Å². The maximum Gasteiger partial charge on any atom is 0.0649 e. The van der Waals surface area contributed by atoms with Gasteiger partial charge in [0, 0.05) is 5.56 Å². The smallest absolute Gasteiger partial charge is 0.0649 e. The van der Waals surface area contributed by atoms with Crippen molar-refractivity contribution in [3.05, 3.63) is 71.3 Å². The van der Waals surface area contributed by atoms with Crippen molar-refractivity contribution in [2.45, 2.75) is 52.5 Å². The minimum absolute atomic E-state index is 0.389. The van der Waals surface area contributed by atoms with Gasteiger partial charge in [0.2, 0.25) is 0 Å². The second-order valence-electron chi connectivity index (χ2n) is 6.79. The summed E-state index contributed by atoms with van der Waals surface area (Å²) in [6, 6.07) is 15.9. The van der Waals surface area contributed by atoms with Crippen molar-refractivity contribution >= 4 is 5.71 Å². The highest BCUT2D eigenvalue weighted by Crippen LogP contribution is 2.27. The maximum absolute atomic E-state index is 4.87. The molecule has 1 aliphatic rings. The van der Waals surface area contributed by atoms with Crippen LogP contribution in [-0.4, -0.2) is 11.8 Å². The minimum Gasteiger partial charge on any atom is -0.281 e. The highest BCUT2D eigenvalue weighted by atomic mass is 14.8. The zero-order valence-corrected chi connectivity index (χ0v) is 15.0. The topological polar surface area (TPSA) is 12.4 Å². The van der Waals surface area contributed by atoms with Crippen LogP contribution in [0.5, 0.6) is 0 Å². The zero-order valence-electron chi connectivity index (χ0n) is 15.0. The Balaban J connectivity index is 2.04. The van der Waals surface area contributed by atoms with Gasteiger partial charge in [-0.05, 0) is 61.4 Å². The summed E-state index contributed by atoms with van der Waals surface area (Å²) >= 11 is 0. The van der Waals surface area contributed by atoms with Crippen molar-refractivity contribution in [2.75, 3.05) is 0 Å². The summed E-state index contributed by atoms with van der Waals surface area (Å²) in [4.78, 5) is 4.87. The summed E-state index contributed by atoms with van der Waals surface area (Å²) in [6.07, 6.45) is 9.05. The van der Waals surface area contributed by atoms with E-state index in [1.807, 2.05) is 0 Å². The molecular formula is C23H27N. The number of allylic oxidation sites excluding steroid dienone is 1. The second-order valence-corrected chi connectivity index (χ2v) is 6.79. The summed E-state index contributed by atoms with van der Waals surface area (Å²) in [5.74, 6) is 0. The van der Waals surface area contributed by atoms with E-state index in [0.29, 0.717) is 6.04 Å². The predicted octanol–water partition coefficient (Wildman–Crippen LogP) is 6.14. The largest absolute Gasteiger partial charge is 0.281 e. The quantitative estimate of drug-likeness (QED) is 0.628. The van der Waals surface area contributed by atoms with Crippen molar-refractivity contribution in [1.82, 2.24) is 0 Å². The molecule has 124 valence electrons. The maximum atomic E-state index is 4.87. The molecule has 0 saturated heterocycles. The molecule has 0 bridgehead atoms. The summed E-state index contributed by atoms with van der Waals surface area (Å²) < 4.78 is 0. The molecule has 0 spiro atoms. The molecule has 2 aromatic rings.